The van der Waals surface area contributed by atoms with Gasteiger partial charge in [-0.05, 0) is 29.8 Å². The smallest absolute Gasteiger partial charge is 0.341 e. The molecule has 3 rings (SSSR count). The lowest BCUT2D eigenvalue weighted by Gasteiger charge is -2.06. The molecule has 0 spiro atoms. The summed E-state index contributed by atoms with van der Waals surface area (Å²) in [6.45, 7) is 0. The molecule has 0 amide bonds. The van der Waals surface area contributed by atoms with E-state index in [0.29, 0.717) is 16.7 Å². The molecule has 5 heteroatoms. The van der Waals surface area contributed by atoms with Gasteiger partial charge in [0.1, 0.15) is 5.52 Å². The van der Waals surface area contributed by atoms with Crippen LogP contribution in [0.25, 0.3) is 17.2 Å². The van der Waals surface area contributed by atoms with Crippen molar-refractivity contribution in [1.29, 1.82) is 0 Å². The van der Waals surface area contributed by atoms with Gasteiger partial charge in [-0.1, -0.05) is 52.3 Å². The Balaban J connectivity index is 1.94. The lowest BCUT2D eigenvalue weighted by molar-refractivity contribution is 0.0243. The predicted octanol–water partition coefficient (Wildman–Crippen LogP) is 5.40. The van der Waals surface area contributed by atoms with E-state index in [1.807, 2.05) is 6.07 Å². The maximum absolute atomic E-state index is 14.2. The molecule has 0 radical (unpaired) electrons. The van der Waals surface area contributed by atoms with Gasteiger partial charge >= 0.3 is 5.92 Å². The molecule has 1 aromatic heterocycles. The highest BCUT2D eigenvalue weighted by atomic mass is 79.9. The number of hydrogen-bond acceptors (Lipinski definition) is 2. The highest BCUT2D eigenvalue weighted by Gasteiger charge is 2.34. The van der Waals surface area contributed by atoms with Gasteiger partial charge in [0.05, 0.1) is 0 Å². The average molecular weight is 350 g/mol. The normalized spacial score (nSPS) is 12.3. The number of rotatable bonds is 3. The Morgan fingerprint density at radius 1 is 1.05 bits per heavy atom. The van der Waals surface area contributed by atoms with E-state index < -0.39 is 11.8 Å². The Hall–Kier alpha value is -2.01. The highest BCUT2D eigenvalue weighted by Crippen LogP contribution is 2.32. The largest absolute Gasteiger partial charge is 0.435 e. The Morgan fingerprint density at radius 2 is 1.76 bits per heavy atom. The monoisotopic (exact) mass is 349 g/mol. The van der Waals surface area contributed by atoms with Gasteiger partial charge in [0.2, 0.25) is 0 Å². The second kappa shape index (κ2) is 5.41. The molecule has 0 saturated carbocycles. The molecule has 0 bridgehead atoms. The molecule has 3 aromatic rings. The summed E-state index contributed by atoms with van der Waals surface area (Å²) in [5, 5.41) is 0. The molecule has 0 fully saturated rings. The molecule has 2 nitrogen and oxygen atoms in total. The lowest BCUT2D eigenvalue weighted by atomic mass is 10.2. The summed E-state index contributed by atoms with van der Waals surface area (Å²) >= 11 is 3.31. The standard InChI is InChI=1S/C16H10BrF2NO/c17-12-6-2-1-5-11(12)9-10-16(18,19)15-20-13-7-3-4-8-14(13)21-15/h1-10H/b10-9+. The Kier molecular flexibility index (Phi) is 3.59. The van der Waals surface area contributed by atoms with E-state index >= 15 is 0 Å². The number of benzene rings is 2. The minimum absolute atomic E-state index is 0.349. The Morgan fingerprint density at radius 3 is 2.52 bits per heavy atom. The van der Waals surface area contributed by atoms with E-state index in [9.17, 15) is 8.78 Å². The fourth-order valence-electron chi connectivity index (χ4n) is 1.89. The number of nitrogens with zero attached hydrogens (tertiary/aromatic N) is 1. The van der Waals surface area contributed by atoms with Crippen LogP contribution in [0.15, 0.2) is 63.5 Å². The molecule has 0 N–H and O–H groups in total. The minimum Gasteiger partial charge on any atom is -0.435 e. The average Bonchev–Trinajstić information content (AvgIpc) is 2.91. The highest BCUT2D eigenvalue weighted by molar-refractivity contribution is 9.10. The summed E-state index contributed by atoms with van der Waals surface area (Å²) in [6.07, 6.45) is 2.14. The van der Waals surface area contributed by atoms with Gasteiger partial charge in [0.25, 0.3) is 5.89 Å². The molecule has 0 unspecified atom stereocenters. The molecule has 0 saturated heterocycles. The predicted molar refractivity (Wildman–Crippen MR) is 81.1 cm³/mol. The minimum atomic E-state index is -3.27. The van der Waals surface area contributed by atoms with Crippen LogP contribution in [0.2, 0.25) is 0 Å². The van der Waals surface area contributed by atoms with Crippen molar-refractivity contribution < 1.29 is 13.2 Å². The molecule has 1 heterocycles. The van der Waals surface area contributed by atoms with E-state index in [1.165, 1.54) is 6.08 Å². The van der Waals surface area contributed by atoms with Gasteiger partial charge in [0.15, 0.2) is 5.58 Å². The van der Waals surface area contributed by atoms with Crippen LogP contribution in [0.5, 0.6) is 0 Å². The summed E-state index contributed by atoms with van der Waals surface area (Å²) < 4.78 is 34.2. The Labute approximate surface area is 128 Å². The van der Waals surface area contributed by atoms with Crippen LogP contribution in [-0.2, 0) is 5.92 Å². The maximum Gasteiger partial charge on any atom is 0.341 e. The third kappa shape index (κ3) is 2.88. The SMILES string of the molecule is FC(F)(/C=C/c1ccccc1Br)c1nc2ccccc2o1. The topological polar surface area (TPSA) is 26.0 Å². The van der Waals surface area contributed by atoms with E-state index in [1.54, 1.807) is 42.5 Å². The summed E-state index contributed by atoms with van der Waals surface area (Å²) in [6, 6.07) is 13.8. The van der Waals surface area contributed by atoms with Gasteiger partial charge in [-0.25, -0.2) is 4.98 Å². The van der Waals surface area contributed by atoms with E-state index in [4.69, 9.17) is 4.42 Å². The van der Waals surface area contributed by atoms with Crippen LogP contribution in [0.3, 0.4) is 0 Å². The van der Waals surface area contributed by atoms with Crippen molar-refractivity contribution in [3.05, 3.63) is 70.5 Å². The maximum atomic E-state index is 14.2. The molecule has 2 aromatic carbocycles. The van der Waals surface area contributed by atoms with E-state index in [2.05, 4.69) is 20.9 Å². The van der Waals surface area contributed by atoms with Crippen molar-refractivity contribution in [1.82, 2.24) is 4.98 Å². The van der Waals surface area contributed by atoms with Crippen molar-refractivity contribution >= 4 is 33.1 Å². The summed E-state index contributed by atoms with van der Waals surface area (Å²) in [5.41, 5.74) is 1.43. The fourth-order valence-corrected chi connectivity index (χ4v) is 2.31. The number of aromatic nitrogens is 1. The quantitative estimate of drug-likeness (QED) is 0.633. The second-order valence-electron chi connectivity index (χ2n) is 4.46. The first-order valence-electron chi connectivity index (χ1n) is 6.24. The number of para-hydroxylation sites is 2. The van der Waals surface area contributed by atoms with Crippen LogP contribution >= 0.6 is 15.9 Å². The van der Waals surface area contributed by atoms with E-state index in [-0.39, 0.29) is 0 Å². The van der Waals surface area contributed by atoms with Crippen LogP contribution in [0.1, 0.15) is 11.5 Å². The molecular formula is C16H10BrF2NO. The molecule has 0 aliphatic carbocycles. The number of fused-ring (bicyclic) bond motifs is 1. The molecule has 106 valence electrons. The Bertz CT molecular complexity index is 778. The number of oxazole rings is 1. The van der Waals surface area contributed by atoms with Crippen molar-refractivity contribution in [2.75, 3.05) is 0 Å². The third-order valence-corrected chi connectivity index (χ3v) is 3.68. The number of halogens is 3. The van der Waals surface area contributed by atoms with Crippen molar-refractivity contribution in [3.63, 3.8) is 0 Å². The van der Waals surface area contributed by atoms with Crippen LogP contribution < -0.4 is 0 Å². The zero-order valence-corrected chi connectivity index (χ0v) is 12.3. The molecule has 21 heavy (non-hydrogen) atoms. The van der Waals surface area contributed by atoms with Crippen LogP contribution in [-0.4, -0.2) is 4.98 Å². The van der Waals surface area contributed by atoms with Crippen LogP contribution in [0, 0.1) is 0 Å². The van der Waals surface area contributed by atoms with Crippen molar-refractivity contribution in [2.45, 2.75) is 5.92 Å². The first-order valence-corrected chi connectivity index (χ1v) is 7.03. The van der Waals surface area contributed by atoms with Crippen molar-refractivity contribution in [3.8, 4) is 0 Å². The van der Waals surface area contributed by atoms with Gasteiger partial charge in [-0.3, -0.25) is 0 Å². The second-order valence-corrected chi connectivity index (χ2v) is 5.32. The van der Waals surface area contributed by atoms with Crippen LogP contribution in [0.4, 0.5) is 8.78 Å². The zero-order chi connectivity index (χ0) is 14.9. The molecule has 0 aliphatic heterocycles. The molecule has 0 atom stereocenters. The van der Waals surface area contributed by atoms with Gasteiger partial charge < -0.3 is 4.42 Å². The van der Waals surface area contributed by atoms with E-state index in [0.717, 1.165) is 10.5 Å². The van der Waals surface area contributed by atoms with Gasteiger partial charge in [-0.2, -0.15) is 8.78 Å². The van der Waals surface area contributed by atoms with Crippen molar-refractivity contribution in [2.24, 2.45) is 0 Å². The third-order valence-electron chi connectivity index (χ3n) is 2.96. The molecular weight excluding hydrogens is 340 g/mol. The number of alkyl halides is 2. The zero-order valence-electron chi connectivity index (χ0n) is 10.8. The number of allylic oxidation sites excluding steroid dienone is 1. The van der Waals surface area contributed by atoms with Gasteiger partial charge in [0, 0.05) is 4.47 Å². The van der Waals surface area contributed by atoms with Gasteiger partial charge in [-0.15, -0.1) is 0 Å². The number of hydrogen-bond donors (Lipinski definition) is 0. The molecule has 0 aliphatic rings. The summed E-state index contributed by atoms with van der Waals surface area (Å²) in [7, 11) is 0. The first kappa shape index (κ1) is 13.9. The summed E-state index contributed by atoms with van der Waals surface area (Å²) in [5.74, 6) is -3.87. The summed E-state index contributed by atoms with van der Waals surface area (Å²) in [4.78, 5) is 3.84. The fraction of sp³-hybridized carbons (Fsp3) is 0.0625. The first-order chi connectivity index (χ1) is 10.1. The lowest BCUT2D eigenvalue weighted by Crippen LogP contribution is -2.09.